The molecule has 2 unspecified atom stereocenters. The number of rotatable bonds is 6. The van der Waals surface area contributed by atoms with Gasteiger partial charge in [-0.15, -0.1) is 0 Å². The van der Waals surface area contributed by atoms with Crippen LogP contribution in [0, 0.1) is 9.49 Å². The van der Waals surface area contributed by atoms with Crippen LogP contribution in [-0.2, 0) is 19.8 Å². The lowest BCUT2D eigenvalue weighted by atomic mass is 9.83. The highest BCUT2D eigenvalue weighted by Gasteiger charge is 2.60. The van der Waals surface area contributed by atoms with Crippen molar-refractivity contribution in [1.82, 2.24) is 4.90 Å². The number of hydrogen-bond donors (Lipinski definition) is 0. The summed E-state index contributed by atoms with van der Waals surface area (Å²) in [4.78, 5) is 26.1. The number of carbonyl (C=O) groups is 2. The molecule has 12 heteroatoms. The Hall–Kier alpha value is -1.86. The van der Waals surface area contributed by atoms with Gasteiger partial charge in [-0.25, -0.2) is 9.69 Å². The number of amides is 2. The van der Waals surface area contributed by atoms with Gasteiger partial charge in [0, 0.05) is 32.6 Å². The van der Waals surface area contributed by atoms with Gasteiger partial charge < -0.3 is 14.2 Å². The van der Waals surface area contributed by atoms with E-state index in [1.807, 2.05) is 22.6 Å². The number of imide groups is 1. The summed E-state index contributed by atoms with van der Waals surface area (Å²) < 4.78 is 60.3. The second-order valence-electron chi connectivity index (χ2n) is 8.90. The summed E-state index contributed by atoms with van der Waals surface area (Å²) in [5.74, 6) is -0.783. The second-order valence-corrected chi connectivity index (χ2v) is 10.9. The number of halogens is 6. The molecule has 1 aliphatic carbocycles. The molecule has 1 heterocycles. The molecule has 0 bridgehead atoms. The van der Waals surface area contributed by atoms with Crippen molar-refractivity contribution in [2.24, 2.45) is 5.92 Å². The molecule has 4 rings (SSSR count). The molecule has 0 spiro atoms. The number of carbonyl (C=O) groups excluding carboxylic acids is 2. The van der Waals surface area contributed by atoms with Gasteiger partial charge in [-0.3, -0.25) is 4.79 Å². The van der Waals surface area contributed by atoms with Gasteiger partial charge in [0.05, 0.1) is 19.3 Å². The molecule has 0 aromatic heterocycles. The van der Waals surface area contributed by atoms with E-state index in [-0.39, 0.29) is 47.0 Å². The van der Waals surface area contributed by atoms with Gasteiger partial charge in [0.15, 0.2) is 5.60 Å². The molecule has 0 radical (unpaired) electrons. The van der Waals surface area contributed by atoms with E-state index in [4.69, 9.17) is 37.4 Å². The normalized spacial score (nSPS) is 21.0. The van der Waals surface area contributed by atoms with Gasteiger partial charge in [0.2, 0.25) is 0 Å². The SMILES string of the molecule is CCOCN(C(=O)OC)C(=O)c1ccc(C2=C3CC3COC(c3cc(Cl)cc(Cl)c3)(C(F)(F)F)C2)cc1I. The molecule has 2 aromatic rings. The summed E-state index contributed by atoms with van der Waals surface area (Å²) in [6.45, 7) is 1.59. The topological polar surface area (TPSA) is 65.1 Å². The number of hydrogen-bond acceptors (Lipinski definition) is 5. The minimum Gasteiger partial charge on any atom is -0.452 e. The van der Waals surface area contributed by atoms with Crippen molar-refractivity contribution < 1.29 is 37.0 Å². The quantitative estimate of drug-likeness (QED) is 0.234. The van der Waals surface area contributed by atoms with Crippen molar-refractivity contribution in [3.63, 3.8) is 0 Å². The van der Waals surface area contributed by atoms with E-state index in [2.05, 4.69) is 0 Å². The molecule has 2 aromatic carbocycles. The summed E-state index contributed by atoms with van der Waals surface area (Å²) in [6.07, 6.45) is -5.51. The van der Waals surface area contributed by atoms with Gasteiger partial charge in [0.25, 0.3) is 5.91 Å². The maximum Gasteiger partial charge on any atom is 0.422 e. The minimum absolute atomic E-state index is 0.0722. The molecule has 0 N–H and O–H groups in total. The third kappa shape index (κ3) is 5.70. The molecule has 2 amide bonds. The Balaban J connectivity index is 1.74. The molecule has 1 aliphatic heterocycles. The van der Waals surface area contributed by atoms with Gasteiger partial charge in [-0.2, -0.15) is 13.2 Å². The third-order valence-corrected chi connectivity index (χ3v) is 7.87. The summed E-state index contributed by atoms with van der Waals surface area (Å²) in [6, 6.07) is 8.53. The first-order valence-corrected chi connectivity index (χ1v) is 13.4. The van der Waals surface area contributed by atoms with E-state index in [9.17, 15) is 22.8 Å². The monoisotopic (exact) mass is 683 g/mol. The number of ether oxygens (including phenoxy) is 3. The fraction of sp³-hybridized carbons (Fsp3) is 0.385. The van der Waals surface area contributed by atoms with Crippen molar-refractivity contribution in [1.29, 1.82) is 0 Å². The van der Waals surface area contributed by atoms with Crippen LogP contribution in [0.2, 0.25) is 10.0 Å². The maximum atomic E-state index is 14.8. The van der Waals surface area contributed by atoms with E-state index in [0.29, 0.717) is 21.1 Å². The molecule has 2 aliphatic rings. The highest BCUT2D eigenvalue weighted by atomic mass is 127. The van der Waals surface area contributed by atoms with Crippen LogP contribution < -0.4 is 0 Å². The van der Waals surface area contributed by atoms with Crippen molar-refractivity contribution in [3.8, 4) is 0 Å². The number of methoxy groups -OCH3 is 1. The largest absolute Gasteiger partial charge is 0.452 e. The number of nitrogens with zero attached hydrogens (tertiary/aromatic N) is 1. The minimum atomic E-state index is -4.77. The van der Waals surface area contributed by atoms with Crippen LogP contribution in [0.25, 0.3) is 5.57 Å². The molecular weight excluding hydrogens is 661 g/mol. The average molecular weight is 684 g/mol. The highest BCUT2D eigenvalue weighted by molar-refractivity contribution is 14.1. The summed E-state index contributed by atoms with van der Waals surface area (Å²) in [5, 5.41) is 0.144. The first-order chi connectivity index (χ1) is 17.9. The Morgan fingerprint density at radius 1 is 1.18 bits per heavy atom. The van der Waals surface area contributed by atoms with E-state index in [0.717, 1.165) is 17.6 Å². The molecule has 1 saturated carbocycles. The van der Waals surface area contributed by atoms with Crippen molar-refractivity contribution in [2.45, 2.75) is 31.5 Å². The first kappa shape index (κ1) is 29.1. The highest BCUT2D eigenvalue weighted by Crippen LogP contribution is 2.57. The van der Waals surface area contributed by atoms with Crippen LogP contribution in [0.5, 0.6) is 0 Å². The van der Waals surface area contributed by atoms with Crippen molar-refractivity contribution >= 4 is 63.4 Å². The Morgan fingerprint density at radius 2 is 1.87 bits per heavy atom. The fourth-order valence-corrected chi connectivity index (χ4v) is 5.78. The molecule has 0 saturated heterocycles. The predicted octanol–water partition coefficient (Wildman–Crippen LogP) is 7.45. The number of benzene rings is 2. The second kappa shape index (κ2) is 11.3. The lowest BCUT2D eigenvalue weighted by Crippen LogP contribution is -2.45. The fourth-order valence-electron chi connectivity index (χ4n) is 4.51. The zero-order valence-corrected chi connectivity index (χ0v) is 24.0. The van der Waals surface area contributed by atoms with Crippen LogP contribution in [-0.4, -0.2) is 50.1 Å². The van der Waals surface area contributed by atoms with Crippen LogP contribution in [0.3, 0.4) is 0 Å². The molecule has 38 heavy (non-hydrogen) atoms. The molecule has 6 nitrogen and oxygen atoms in total. The van der Waals surface area contributed by atoms with E-state index >= 15 is 0 Å². The maximum absolute atomic E-state index is 14.8. The smallest absolute Gasteiger partial charge is 0.422 e. The Labute approximate surface area is 241 Å². The van der Waals surface area contributed by atoms with E-state index in [1.54, 1.807) is 19.1 Å². The van der Waals surface area contributed by atoms with Crippen LogP contribution in [0.15, 0.2) is 42.0 Å². The van der Waals surface area contributed by atoms with E-state index in [1.165, 1.54) is 24.3 Å². The van der Waals surface area contributed by atoms with Gasteiger partial charge in [0.1, 0.15) is 6.73 Å². The third-order valence-electron chi connectivity index (χ3n) is 6.54. The Morgan fingerprint density at radius 3 is 2.45 bits per heavy atom. The first-order valence-electron chi connectivity index (χ1n) is 11.6. The number of alkyl halides is 3. The van der Waals surface area contributed by atoms with Crippen LogP contribution in [0.1, 0.15) is 41.3 Å². The standard InChI is InChI=1S/C26H23Cl2F3INO5/c1-3-37-13-33(24(35)36-2)23(34)19-5-4-14(7-22(19)32)21-11-25(26(29,30)31,38-12-15-6-20(15)21)16-8-17(27)10-18(28)9-16/h4-5,7-10,15H,3,6,11-13H2,1-2H3. The molecule has 2 atom stereocenters. The van der Waals surface area contributed by atoms with Gasteiger partial charge in [-0.05, 0) is 83.0 Å². The Kier molecular flexibility index (Phi) is 8.68. The molecule has 1 fully saturated rings. The molecular formula is C26H23Cl2F3INO5. The van der Waals surface area contributed by atoms with Gasteiger partial charge in [-0.1, -0.05) is 34.8 Å². The van der Waals surface area contributed by atoms with Crippen LogP contribution >= 0.6 is 45.8 Å². The summed E-state index contributed by atoms with van der Waals surface area (Å²) in [5.41, 5.74) is -0.732. The Bertz CT molecular complexity index is 1280. The summed E-state index contributed by atoms with van der Waals surface area (Å²) >= 11 is 14.1. The van der Waals surface area contributed by atoms with E-state index < -0.39 is 30.2 Å². The zero-order valence-electron chi connectivity index (χ0n) is 20.3. The van der Waals surface area contributed by atoms with Crippen molar-refractivity contribution in [2.75, 3.05) is 27.1 Å². The van der Waals surface area contributed by atoms with Crippen LogP contribution in [0.4, 0.5) is 18.0 Å². The number of fused-ring (bicyclic) bond motifs is 1. The average Bonchev–Trinajstić information content (AvgIpc) is 3.63. The van der Waals surface area contributed by atoms with Crippen molar-refractivity contribution in [3.05, 3.63) is 72.3 Å². The van der Waals surface area contributed by atoms with Gasteiger partial charge >= 0.3 is 12.3 Å². The lowest BCUT2D eigenvalue weighted by Gasteiger charge is -2.36. The summed E-state index contributed by atoms with van der Waals surface area (Å²) in [7, 11) is 1.15. The molecule has 204 valence electrons. The lowest BCUT2D eigenvalue weighted by molar-refractivity contribution is -0.283. The predicted molar refractivity (Wildman–Crippen MR) is 144 cm³/mol. The zero-order chi connectivity index (χ0) is 27.8.